The highest BCUT2D eigenvalue weighted by Crippen LogP contribution is 2.37. The summed E-state index contributed by atoms with van der Waals surface area (Å²) in [7, 11) is 1.88. The van der Waals surface area contributed by atoms with E-state index in [1.807, 2.05) is 29.8 Å². The van der Waals surface area contributed by atoms with Gasteiger partial charge in [-0.1, -0.05) is 31.2 Å². The molecule has 8 nitrogen and oxygen atoms in total. The molecule has 3 aromatic heterocycles. The number of hydrogen-bond acceptors (Lipinski definition) is 6. The average molecular weight is 553 g/mol. The second-order valence-corrected chi connectivity index (χ2v) is 11.3. The summed E-state index contributed by atoms with van der Waals surface area (Å²) < 4.78 is 50.9. The van der Waals surface area contributed by atoms with Crippen molar-refractivity contribution in [3.05, 3.63) is 81.9 Å². The van der Waals surface area contributed by atoms with Gasteiger partial charge < -0.3 is 9.30 Å². The fourth-order valence-corrected chi connectivity index (χ4v) is 5.93. The van der Waals surface area contributed by atoms with Crippen molar-refractivity contribution in [3.8, 4) is 11.1 Å². The van der Waals surface area contributed by atoms with E-state index < -0.39 is 17.3 Å². The maximum atomic E-state index is 14.1. The number of piperidine rings is 1. The average Bonchev–Trinajstić information content (AvgIpc) is 3.30. The summed E-state index contributed by atoms with van der Waals surface area (Å²) in [6.45, 7) is 5.12. The Balaban J connectivity index is 1.41. The molecule has 0 bridgehead atoms. The van der Waals surface area contributed by atoms with E-state index in [4.69, 9.17) is 4.74 Å². The summed E-state index contributed by atoms with van der Waals surface area (Å²) in [4.78, 5) is 20.1. The van der Waals surface area contributed by atoms with Crippen molar-refractivity contribution < 1.29 is 17.9 Å². The number of nitrogens with zero attached hydrogens (tertiary/aromatic N) is 6. The summed E-state index contributed by atoms with van der Waals surface area (Å²) >= 11 is 0. The molecule has 0 aliphatic carbocycles. The van der Waals surface area contributed by atoms with Gasteiger partial charge in [-0.25, -0.2) is 4.98 Å². The topological polar surface area (TPSA) is 77.6 Å². The van der Waals surface area contributed by atoms with Gasteiger partial charge in [-0.3, -0.25) is 14.1 Å². The smallest absolute Gasteiger partial charge is 0.379 e. The van der Waals surface area contributed by atoms with Crippen molar-refractivity contribution in [1.82, 2.24) is 29.0 Å². The lowest BCUT2D eigenvalue weighted by Crippen LogP contribution is -2.49. The number of likely N-dealkylation sites (tertiary alicyclic amines) is 1. The van der Waals surface area contributed by atoms with Crippen molar-refractivity contribution in [3.63, 3.8) is 0 Å². The van der Waals surface area contributed by atoms with Gasteiger partial charge in [0.15, 0.2) is 5.65 Å². The Morgan fingerprint density at radius 2 is 2.02 bits per heavy atom. The molecule has 2 fully saturated rings. The second kappa shape index (κ2) is 10.1. The molecule has 11 heteroatoms. The summed E-state index contributed by atoms with van der Waals surface area (Å²) in [5.41, 5.74) is 0.0857. The van der Waals surface area contributed by atoms with E-state index in [1.165, 1.54) is 12.4 Å². The predicted molar refractivity (Wildman–Crippen MR) is 143 cm³/mol. The normalized spacial score (nSPS) is 19.6. The van der Waals surface area contributed by atoms with Gasteiger partial charge in [-0.2, -0.15) is 13.2 Å². The molecule has 6 rings (SSSR count). The third kappa shape index (κ3) is 4.92. The van der Waals surface area contributed by atoms with Gasteiger partial charge in [0.1, 0.15) is 12.2 Å². The highest BCUT2D eigenvalue weighted by molar-refractivity contribution is 5.65. The molecule has 2 saturated heterocycles. The molecule has 0 unspecified atom stereocenters. The lowest BCUT2D eigenvalue weighted by atomic mass is 9.75. The lowest BCUT2D eigenvalue weighted by molar-refractivity contribution is -0.136. The standard InChI is InChI=1S/C29H31F3N6O2/c1-19-5-4-8-37(13-19)14-20-9-24(29(30,31)32)26-33-12-23(27(39)38(26)15-20)21-6-3-7-22(10-21)28(16-40-17-28)11-25-35-34-18-36(25)2/h3,6-7,9-10,12,15,18-19H,4-5,8,11,13-14,16-17H2,1-2H3/t19-/m0/s1. The first kappa shape index (κ1) is 26.6. The van der Waals surface area contributed by atoms with E-state index in [0.29, 0.717) is 43.2 Å². The minimum absolute atomic E-state index is 0.241. The Labute approximate surface area is 229 Å². The molecule has 1 atom stereocenters. The summed E-state index contributed by atoms with van der Waals surface area (Å²) in [6.07, 6.45) is 2.50. The molecule has 0 amide bonds. The van der Waals surface area contributed by atoms with Crippen molar-refractivity contribution in [2.45, 2.75) is 44.3 Å². The van der Waals surface area contributed by atoms with Crippen molar-refractivity contribution >= 4 is 5.65 Å². The van der Waals surface area contributed by atoms with E-state index in [2.05, 4.69) is 27.0 Å². The Morgan fingerprint density at radius 1 is 1.20 bits per heavy atom. The van der Waals surface area contributed by atoms with E-state index in [0.717, 1.165) is 47.8 Å². The quantitative estimate of drug-likeness (QED) is 0.356. The van der Waals surface area contributed by atoms with Gasteiger partial charge in [0.25, 0.3) is 5.56 Å². The maximum absolute atomic E-state index is 14.1. The number of aromatic nitrogens is 5. The Hall–Kier alpha value is -3.57. The first-order valence-corrected chi connectivity index (χ1v) is 13.5. The minimum atomic E-state index is -4.65. The molecule has 40 heavy (non-hydrogen) atoms. The van der Waals surface area contributed by atoms with Crippen LogP contribution < -0.4 is 5.56 Å². The Morgan fingerprint density at radius 3 is 2.70 bits per heavy atom. The van der Waals surface area contributed by atoms with Gasteiger partial charge in [0.2, 0.25) is 0 Å². The zero-order chi connectivity index (χ0) is 28.1. The number of halogens is 3. The van der Waals surface area contributed by atoms with Crippen LogP contribution in [0.4, 0.5) is 13.2 Å². The molecule has 0 N–H and O–H groups in total. The van der Waals surface area contributed by atoms with Crippen LogP contribution >= 0.6 is 0 Å². The van der Waals surface area contributed by atoms with Gasteiger partial charge in [0, 0.05) is 44.4 Å². The van der Waals surface area contributed by atoms with E-state index in [1.54, 1.807) is 12.4 Å². The Kier molecular flexibility index (Phi) is 6.74. The molecule has 5 heterocycles. The zero-order valence-corrected chi connectivity index (χ0v) is 22.5. The monoisotopic (exact) mass is 552 g/mol. The number of pyridine rings is 1. The molecule has 2 aliphatic heterocycles. The molecule has 0 radical (unpaired) electrons. The first-order valence-electron chi connectivity index (χ1n) is 13.5. The first-order chi connectivity index (χ1) is 19.1. The van der Waals surface area contributed by atoms with E-state index >= 15 is 0 Å². The highest BCUT2D eigenvalue weighted by Gasteiger charge is 2.42. The van der Waals surface area contributed by atoms with Gasteiger partial charge in [-0.15, -0.1) is 10.2 Å². The molecular weight excluding hydrogens is 521 g/mol. The highest BCUT2D eigenvalue weighted by atomic mass is 19.4. The summed E-state index contributed by atoms with van der Waals surface area (Å²) in [5, 5.41) is 8.19. The molecule has 0 saturated carbocycles. The second-order valence-electron chi connectivity index (χ2n) is 11.3. The molecular formula is C29H31F3N6O2. The molecule has 1 aromatic carbocycles. The van der Waals surface area contributed by atoms with Crippen LogP contribution in [0.1, 0.15) is 42.3 Å². The lowest BCUT2D eigenvalue weighted by Gasteiger charge is -2.41. The summed E-state index contributed by atoms with van der Waals surface area (Å²) in [5.74, 6) is 1.30. The van der Waals surface area contributed by atoms with Crippen molar-refractivity contribution in [2.24, 2.45) is 13.0 Å². The fourth-order valence-electron chi connectivity index (χ4n) is 5.93. The number of fused-ring (bicyclic) bond motifs is 1. The van der Waals surface area contributed by atoms with Gasteiger partial charge in [0.05, 0.1) is 24.3 Å². The van der Waals surface area contributed by atoms with Crippen LogP contribution in [0.5, 0.6) is 0 Å². The minimum Gasteiger partial charge on any atom is -0.379 e. The number of aryl methyl sites for hydroxylation is 1. The van der Waals surface area contributed by atoms with Crippen molar-refractivity contribution in [1.29, 1.82) is 0 Å². The van der Waals surface area contributed by atoms with Crippen LogP contribution in [0.15, 0.2) is 53.8 Å². The molecule has 2 aliphatic rings. The summed E-state index contributed by atoms with van der Waals surface area (Å²) in [6, 6.07) is 8.66. The molecule has 210 valence electrons. The maximum Gasteiger partial charge on any atom is 0.419 e. The van der Waals surface area contributed by atoms with Crippen LogP contribution in [0.2, 0.25) is 0 Å². The SMILES string of the molecule is C[C@H]1CCCN(Cc2cc(C(F)(F)F)c3ncc(-c4cccc(C5(Cc6nncn6C)COC5)c4)c(=O)n3c2)C1. The van der Waals surface area contributed by atoms with Crippen LogP contribution in [0.3, 0.4) is 0 Å². The number of rotatable bonds is 6. The number of benzene rings is 1. The van der Waals surface area contributed by atoms with Crippen molar-refractivity contribution in [2.75, 3.05) is 26.3 Å². The zero-order valence-electron chi connectivity index (χ0n) is 22.5. The van der Waals surface area contributed by atoms with Crippen LogP contribution in [-0.2, 0) is 36.3 Å². The molecule has 4 aromatic rings. The van der Waals surface area contributed by atoms with Crippen LogP contribution in [-0.4, -0.2) is 55.4 Å². The number of hydrogen-bond donors (Lipinski definition) is 0. The molecule has 0 spiro atoms. The third-order valence-corrected chi connectivity index (χ3v) is 8.16. The number of alkyl halides is 3. The Bertz CT molecular complexity index is 1610. The van der Waals surface area contributed by atoms with E-state index in [9.17, 15) is 18.0 Å². The van der Waals surface area contributed by atoms with Gasteiger partial charge >= 0.3 is 6.18 Å². The van der Waals surface area contributed by atoms with Crippen LogP contribution in [0, 0.1) is 5.92 Å². The van der Waals surface area contributed by atoms with E-state index in [-0.39, 0.29) is 16.6 Å². The third-order valence-electron chi connectivity index (χ3n) is 8.16. The van der Waals surface area contributed by atoms with Gasteiger partial charge in [-0.05, 0) is 48.1 Å². The predicted octanol–water partition coefficient (Wildman–Crippen LogP) is 4.25. The largest absolute Gasteiger partial charge is 0.419 e. The fraction of sp³-hybridized carbons (Fsp3) is 0.448. The number of ether oxygens (including phenoxy) is 1. The van der Waals surface area contributed by atoms with Crippen LogP contribution in [0.25, 0.3) is 16.8 Å².